The number of rotatable bonds is 5. The van der Waals surface area contributed by atoms with Gasteiger partial charge in [0.1, 0.15) is 6.23 Å². The minimum absolute atomic E-state index is 0.275. The highest BCUT2D eigenvalue weighted by Gasteiger charge is 2.33. The molecular formula is C9H18N2O. The maximum Gasteiger partial charge on any atom is 0.135 e. The van der Waals surface area contributed by atoms with Gasteiger partial charge in [-0.15, -0.1) is 0 Å². The topological polar surface area (TPSA) is 36.9 Å². The molecule has 3 nitrogen and oxygen atoms in total. The predicted octanol–water partition coefficient (Wildman–Crippen LogP) is 1.19. The number of nitrogens with one attached hydrogen (secondary N) is 1. The van der Waals surface area contributed by atoms with Gasteiger partial charge in [0.2, 0.25) is 0 Å². The molecule has 0 bridgehead atoms. The summed E-state index contributed by atoms with van der Waals surface area (Å²) in [4.78, 5) is 4.37. The normalized spacial score (nSPS) is 29.1. The highest BCUT2D eigenvalue weighted by atomic mass is 16.6. The Morgan fingerprint density at radius 2 is 2.25 bits per heavy atom. The molecule has 0 spiro atoms. The van der Waals surface area contributed by atoms with E-state index in [1.807, 2.05) is 0 Å². The van der Waals surface area contributed by atoms with Gasteiger partial charge >= 0.3 is 0 Å². The number of ether oxygens (including phenoxy) is 1. The van der Waals surface area contributed by atoms with Crippen molar-refractivity contribution in [3.05, 3.63) is 0 Å². The fourth-order valence-electron chi connectivity index (χ4n) is 1.01. The Bertz CT molecular complexity index is 168. The summed E-state index contributed by atoms with van der Waals surface area (Å²) in [7, 11) is 0. The zero-order valence-corrected chi connectivity index (χ0v) is 8.13. The van der Waals surface area contributed by atoms with Crippen molar-refractivity contribution >= 4 is 5.71 Å². The monoisotopic (exact) mass is 170 g/mol. The Morgan fingerprint density at radius 3 is 2.75 bits per heavy atom. The van der Waals surface area contributed by atoms with Crippen LogP contribution in [0.2, 0.25) is 0 Å². The number of aliphatic imine (C=N–C) groups is 1. The smallest absolute Gasteiger partial charge is 0.135 e. The van der Waals surface area contributed by atoms with Crippen molar-refractivity contribution in [2.24, 2.45) is 4.99 Å². The highest BCUT2D eigenvalue weighted by molar-refractivity contribution is 5.83. The molecule has 1 aliphatic rings. The van der Waals surface area contributed by atoms with Crippen molar-refractivity contribution in [3.8, 4) is 0 Å². The van der Waals surface area contributed by atoms with Crippen LogP contribution in [0.15, 0.2) is 4.99 Å². The molecular weight excluding hydrogens is 152 g/mol. The van der Waals surface area contributed by atoms with Gasteiger partial charge in [0.05, 0.1) is 6.10 Å². The maximum atomic E-state index is 5.21. The van der Waals surface area contributed by atoms with Gasteiger partial charge in [0.25, 0.3) is 0 Å². The van der Waals surface area contributed by atoms with Crippen LogP contribution >= 0.6 is 0 Å². The van der Waals surface area contributed by atoms with Crippen LogP contribution in [0.4, 0.5) is 0 Å². The number of hydrogen-bond donors (Lipinski definition) is 1. The third-order valence-electron chi connectivity index (χ3n) is 1.88. The summed E-state index contributed by atoms with van der Waals surface area (Å²) in [5.41, 5.74) is 1.17. The Kier molecular flexibility index (Phi) is 3.69. The third-order valence-corrected chi connectivity index (χ3v) is 1.88. The average Bonchev–Trinajstić information content (AvgIpc) is 2.75. The summed E-state index contributed by atoms with van der Waals surface area (Å²) >= 11 is 0. The van der Waals surface area contributed by atoms with Crippen LogP contribution < -0.4 is 5.32 Å². The van der Waals surface area contributed by atoms with Crippen molar-refractivity contribution in [2.45, 2.75) is 39.5 Å². The lowest BCUT2D eigenvalue weighted by Gasteiger charge is -2.00. The zero-order valence-electron chi connectivity index (χ0n) is 8.13. The molecule has 1 N–H and O–H groups in total. The summed E-state index contributed by atoms with van der Waals surface area (Å²) in [6.45, 7) is 8.05. The largest absolute Gasteiger partial charge is 0.354 e. The van der Waals surface area contributed by atoms with E-state index in [0.29, 0.717) is 6.10 Å². The quantitative estimate of drug-likeness (QED) is 0.497. The number of epoxide rings is 1. The Morgan fingerprint density at radius 1 is 1.58 bits per heavy atom. The van der Waals surface area contributed by atoms with Crippen molar-refractivity contribution in [2.75, 3.05) is 13.1 Å². The minimum atomic E-state index is 0.275. The second-order valence-corrected chi connectivity index (χ2v) is 3.26. The summed E-state index contributed by atoms with van der Waals surface area (Å²) in [6.07, 6.45) is 1.79. The third kappa shape index (κ3) is 3.32. The molecule has 2 unspecified atom stereocenters. The van der Waals surface area contributed by atoms with E-state index >= 15 is 0 Å². The predicted molar refractivity (Wildman–Crippen MR) is 50.6 cm³/mol. The van der Waals surface area contributed by atoms with E-state index in [2.05, 4.69) is 31.1 Å². The maximum absolute atomic E-state index is 5.21. The van der Waals surface area contributed by atoms with E-state index in [-0.39, 0.29) is 6.23 Å². The van der Waals surface area contributed by atoms with Crippen molar-refractivity contribution < 1.29 is 4.74 Å². The number of hydrogen-bond acceptors (Lipinski definition) is 3. The molecule has 1 fully saturated rings. The fourth-order valence-corrected chi connectivity index (χ4v) is 1.01. The van der Waals surface area contributed by atoms with Gasteiger partial charge in [-0.1, -0.05) is 6.92 Å². The second-order valence-electron chi connectivity index (χ2n) is 3.26. The van der Waals surface area contributed by atoms with Gasteiger partial charge < -0.3 is 4.74 Å². The van der Waals surface area contributed by atoms with Gasteiger partial charge in [-0.05, 0) is 20.3 Å². The Balaban J connectivity index is 2.05. The van der Waals surface area contributed by atoms with Crippen LogP contribution in [-0.4, -0.2) is 31.1 Å². The molecule has 1 aliphatic heterocycles. The molecule has 0 amide bonds. The molecule has 0 aliphatic carbocycles. The molecule has 0 saturated carbocycles. The molecule has 70 valence electrons. The molecule has 3 heteroatoms. The average molecular weight is 170 g/mol. The molecule has 0 aromatic rings. The molecule has 1 heterocycles. The van der Waals surface area contributed by atoms with Gasteiger partial charge in [-0.2, -0.15) is 0 Å². The summed E-state index contributed by atoms with van der Waals surface area (Å²) < 4.78 is 5.21. The van der Waals surface area contributed by atoms with Gasteiger partial charge in [0.15, 0.2) is 0 Å². The first-order chi connectivity index (χ1) is 5.74. The lowest BCUT2D eigenvalue weighted by Crippen LogP contribution is -2.25. The van der Waals surface area contributed by atoms with Crippen LogP contribution in [0.3, 0.4) is 0 Å². The molecule has 1 saturated heterocycles. The van der Waals surface area contributed by atoms with Crippen molar-refractivity contribution in [1.82, 2.24) is 5.32 Å². The molecule has 0 radical (unpaired) electrons. The van der Waals surface area contributed by atoms with E-state index in [9.17, 15) is 0 Å². The lowest BCUT2D eigenvalue weighted by atomic mass is 10.4. The summed E-state index contributed by atoms with van der Waals surface area (Å²) in [6, 6.07) is 0. The first-order valence-electron chi connectivity index (χ1n) is 4.62. The van der Waals surface area contributed by atoms with Crippen molar-refractivity contribution in [3.63, 3.8) is 0 Å². The molecule has 2 atom stereocenters. The van der Waals surface area contributed by atoms with E-state index in [0.717, 1.165) is 19.5 Å². The fraction of sp³-hybridized carbons (Fsp3) is 0.889. The highest BCUT2D eigenvalue weighted by Crippen LogP contribution is 2.16. The standard InChI is InChI=1S/C9H18N2O/c1-4-5-10-7(2)6-11-9-8(3)12-9/h8-9,11H,4-6H2,1-3H3. The molecule has 1 rings (SSSR count). The Hall–Kier alpha value is -0.410. The number of nitrogens with zero attached hydrogens (tertiary/aromatic N) is 1. The van der Waals surface area contributed by atoms with Crippen LogP contribution in [0, 0.1) is 0 Å². The van der Waals surface area contributed by atoms with Gasteiger partial charge in [-0.3, -0.25) is 10.3 Å². The van der Waals surface area contributed by atoms with E-state index in [4.69, 9.17) is 4.74 Å². The van der Waals surface area contributed by atoms with Gasteiger partial charge in [-0.25, -0.2) is 0 Å². The van der Waals surface area contributed by atoms with Crippen LogP contribution in [0.25, 0.3) is 0 Å². The first kappa shape index (κ1) is 9.68. The van der Waals surface area contributed by atoms with Crippen LogP contribution in [0.5, 0.6) is 0 Å². The van der Waals surface area contributed by atoms with Crippen LogP contribution in [-0.2, 0) is 4.74 Å². The van der Waals surface area contributed by atoms with Crippen LogP contribution in [0.1, 0.15) is 27.2 Å². The SMILES string of the molecule is CCCN=C(C)CNC1OC1C. The molecule has 12 heavy (non-hydrogen) atoms. The lowest BCUT2D eigenvalue weighted by molar-refractivity contribution is 0.357. The van der Waals surface area contributed by atoms with E-state index in [1.165, 1.54) is 5.71 Å². The first-order valence-corrected chi connectivity index (χ1v) is 4.62. The summed E-state index contributed by atoms with van der Waals surface area (Å²) in [5.74, 6) is 0. The second kappa shape index (κ2) is 4.58. The molecule has 0 aromatic carbocycles. The molecule has 0 aromatic heterocycles. The van der Waals surface area contributed by atoms with Crippen molar-refractivity contribution in [1.29, 1.82) is 0 Å². The van der Waals surface area contributed by atoms with E-state index in [1.54, 1.807) is 0 Å². The van der Waals surface area contributed by atoms with E-state index < -0.39 is 0 Å². The van der Waals surface area contributed by atoms with Gasteiger partial charge in [0, 0.05) is 18.8 Å². The summed E-state index contributed by atoms with van der Waals surface area (Å²) in [5, 5.41) is 3.26. The minimum Gasteiger partial charge on any atom is -0.354 e. The zero-order chi connectivity index (χ0) is 8.97. The Labute approximate surface area is 74.2 Å².